The third-order valence-corrected chi connectivity index (χ3v) is 4.76. The molecule has 3 rings (SSSR count). The number of methoxy groups -OCH3 is 1. The molecule has 0 fully saturated rings. The van der Waals surface area contributed by atoms with E-state index in [4.69, 9.17) is 4.74 Å². The number of amides is 1. The van der Waals surface area contributed by atoms with Crippen LogP contribution in [0.25, 0.3) is 0 Å². The van der Waals surface area contributed by atoms with Gasteiger partial charge >= 0.3 is 0 Å². The SMILES string of the molecule is COc1cc(=O)[nH]c(S[C@H](C)C(=O)N(c2ccccc2)c2ccccc2)n1. The molecule has 3 aromatic rings. The van der Waals surface area contributed by atoms with Crippen molar-refractivity contribution in [3.05, 3.63) is 77.1 Å². The van der Waals surface area contributed by atoms with Crippen molar-refractivity contribution in [2.75, 3.05) is 12.0 Å². The predicted molar refractivity (Wildman–Crippen MR) is 107 cm³/mol. The molecule has 0 bridgehead atoms. The Hall–Kier alpha value is -3.06. The topological polar surface area (TPSA) is 75.3 Å². The summed E-state index contributed by atoms with van der Waals surface area (Å²) in [7, 11) is 1.44. The number of hydrogen-bond donors (Lipinski definition) is 1. The Bertz CT molecular complexity index is 921. The smallest absolute Gasteiger partial charge is 0.255 e. The molecule has 0 aliphatic carbocycles. The van der Waals surface area contributed by atoms with Crippen LogP contribution in [-0.2, 0) is 4.79 Å². The van der Waals surface area contributed by atoms with Crippen molar-refractivity contribution in [1.29, 1.82) is 0 Å². The van der Waals surface area contributed by atoms with E-state index >= 15 is 0 Å². The first-order valence-corrected chi connectivity index (χ1v) is 9.22. The zero-order valence-corrected chi connectivity index (χ0v) is 15.8. The van der Waals surface area contributed by atoms with E-state index < -0.39 is 5.25 Å². The van der Waals surface area contributed by atoms with Gasteiger partial charge in [0.15, 0.2) is 5.16 Å². The van der Waals surface area contributed by atoms with Crippen molar-refractivity contribution in [2.24, 2.45) is 0 Å². The number of rotatable bonds is 6. The number of H-pyrrole nitrogens is 1. The predicted octanol–water partition coefficient (Wildman–Crippen LogP) is 3.62. The van der Waals surface area contributed by atoms with E-state index in [1.807, 2.05) is 60.7 Å². The summed E-state index contributed by atoms with van der Waals surface area (Å²) in [4.78, 5) is 33.4. The molecule has 0 spiro atoms. The number of thioether (sulfide) groups is 1. The van der Waals surface area contributed by atoms with Gasteiger partial charge in [0.2, 0.25) is 11.8 Å². The number of para-hydroxylation sites is 2. The average molecular weight is 381 g/mol. The molecule has 0 unspecified atom stereocenters. The second-order valence-electron chi connectivity index (χ2n) is 5.70. The third-order valence-electron chi connectivity index (χ3n) is 3.79. The quantitative estimate of drug-likeness (QED) is 0.521. The van der Waals surface area contributed by atoms with E-state index in [-0.39, 0.29) is 17.3 Å². The molecule has 27 heavy (non-hydrogen) atoms. The first-order valence-electron chi connectivity index (χ1n) is 8.34. The van der Waals surface area contributed by atoms with E-state index in [0.29, 0.717) is 5.16 Å². The van der Waals surface area contributed by atoms with Crippen molar-refractivity contribution >= 4 is 29.0 Å². The molecular weight excluding hydrogens is 362 g/mol. The van der Waals surface area contributed by atoms with Crippen LogP contribution in [0.3, 0.4) is 0 Å². The Balaban J connectivity index is 1.90. The number of nitrogens with zero attached hydrogens (tertiary/aromatic N) is 2. The minimum Gasteiger partial charge on any atom is -0.481 e. The number of anilines is 2. The molecule has 7 heteroatoms. The van der Waals surface area contributed by atoms with Gasteiger partial charge in [-0.2, -0.15) is 4.98 Å². The molecule has 138 valence electrons. The molecule has 0 aliphatic rings. The lowest BCUT2D eigenvalue weighted by atomic mass is 10.2. The first-order chi connectivity index (χ1) is 13.1. The highest BCUT2D eigenvalue weighted by atomic mass is 32.2. The number of carbonyl (C=O) groups excluding carboxylic acids is 1. The lowest BCUT2D eigenvalue weighted by Crippen LogP contribution is -2.33. The molecule has 1 amide bonds. The molecule has 1 N–H and O–H groups in total. The molecule has 0 aliphatic heterocycles. The number of aromatic amines is 1. The van der Waals surface area contributed by atoms with E-state index in [1.165, 1.54) is 24.9 Å². The fourth-order valence-corrected chi connectivity index (χ4v) is 3.37. The fraction of sp³-hybridized carbons (Fsp3) is 0.150. The van der Waals surface area contributed by atoms with Crippen LogP contribution in [0.15, 0.2) is 76.7 Å². The van der Waals surface area contributed by atoms with E-state index in [0.717, 1.165) is 11.4 Å². The van der Waals surface area contributed by atoms with Crippen molar-refractivity contribution in [1.82, 2.24) is 9.97 Å². The van der Waals surface area contributed by atoms with Crippen molar-refractivity contribution in [3.63, 3.8) is 0 Å². The number of ether oxygens (including phenoxy) is 1. The van der Waals surface area contributed by atoms with Gasteiger partial charge < -0.3 is 9.72 Å². The van der Waals surface area contributed by atoms with Gasteiger partial charge in [-0.15, -0.1) is 0 Å². The summed E-state index contributed by atoms with van der Waals surface area (Å²) in [5.74, 6) is 0.0896. The van der Waals surface area contributed by atoms with Crippen molar-refractivity contribution in [2.45, 2.75) is 17.3 Å². The van der Waals surface area contributed by atoms with Gasteiger partial charge in [0.05, 0.1) is 18.4 Å². The highest BCUT2D eigenvalue weighted by Crippen LogP contribution is 2.30. The van der Waals surface area contributed by atoms with E-state index in [9.17, 15) is 9.59 Å². The lowest BCUT2D eigenvalue weighted by molar-refractivity contribution is -0.117. The second-order valence-corrected chi connectivity index (χ2v) is 7.03. The van der Waals surface area contributed by atoms with E-state index in [1.54, 1.807) is 11.8 Å². The monoisotopic (exact) mass is 381 g/mol. The molecule has 0 saturated heterocycles. The standard InChI is InChI=1S/C20H19N3O3S/c1-14(27-20-21-17(24)13-18(22-20)26-2)19(25)23(15-9-5-3-6-10-15)16-11-7-4-8-12-16/h3-14H,1-2H3,(H,21,22,24)/t14-/m1/s1. The van der Waals surface area contributed by atoms with Crippen LogP contribution in [0.2, 0.25) is 0 Å². The van der Waals surface area contributed by atoms with E-state index in [2.05, 4.69) is 9.97 Å². The number of nitrogens with one attached hydrogen (secondary N) is 1. The number of benzene rings is 2. The molecule has 1 aromatic heterocycles. The molecule has 0 saturated carbocycles. The molecular formula is C20H19N3O3S. The maximum atomic E-state index is 13.2. The molecule has 1 atom stereocenters. The number of aromatic nitrogens is 2. The zero-order valence-electron chi connectivity index (χ0n) is 15.0. The van der Waals surface area contributed by atoms with Crippen LogP contribution in [0.1, 0.15) is 6.92 Å². The summed E-state index contributed by atoms with van der Waals surface area (Å²) < 4.78 is 5.02. The highest BCUT2D eigenvalue weighted by molar-refractivity contribution is 8.00. The summed E-state index contributed by atoms with van der Waals surface area (Å²) in [5, 5.41) is -0.151. The maximum Gasteiger partial charge on any atom is 0.255 e. The van der Waals surface area contributed by atoms with Crippen LogP contribution in [0.5, 0.6) is 5.88 Å². The summed E-state index contributed by atoms with van der Waals surface area (Å²) in [6.45, 7) is 1.78. The van der Waals surface area contributed by atoms with Crippen molar-refractivity contribution in [3.8, 4) is 5.88 Å². The van der Waals surface area contributed by atoms with Gasteiger partial charge in [0.25, 0.3) is 5.56 Å². The van der Waals surface area contributed by atoms with Crippen LogP contribution >= 0.6 is 11.8 Å². The van der Waals surface area contributed by atoms with Gasteiger partial charge in [0.1, 0.15) is 0 Å². The Kier molecular flexibility index (Phi) is 5.93. The molecule has 6 nitrogen and oxygen atoms in total. The normalized spacial score (nSPS) is 11.6. The lowest BCUT2D eigenvalue weighted by Gasteiger charge is -2.25. The van der Waals surface area contributed by atoms with Gasteiger partial charge in [-0.05, 0) is 31.2 Å². The minimum absolute atomic E-state index is 0.122. The largest absolute Gasteiger partial charge is 0.481 e. The summed E-state index contributed by atoms with van der Waals surface area (Å²) in [6, 6.07) is 20.1. The Morgan fingerprint density at radius 2 is 1.63 bits per heavy atom. The van der Waals surface area contributed by atoms with Crippen LogP contribution in [-0.4, -0.2) is 28.2 Å². The summed E-state index contributed by atoms with van der Waals surface area (Å²) >= 11 is 1.18. The molecule has 0 radical (unpaired) electrons. The van der Waals surface area contributed by atoms with Crippen LogP contribution < -0.4 is 15.2 Å². The second kappa shape index (κ2) is 8.55. The highest BCUT2D eigenvalue weighted by Gasteiger charge is 2.25. The average Bonchev–Trinajstić information content (AvgIpc) is 2.69. The van der Waals surface area contributed by atoms with Crippen molar-refractivity contribution < 1.29 is 9.53 Å². The first kappa shape index (κ1) is 18.7. The minimum atomic E-state index is -0.485. The zero-order chi connectivity index (χ0) is 19.2. The Morgan fingerprint density at radius 3 is 2.15 bits per heavy atom. The number of hydrogen-bond acceptors (Lipinski definition) is 5. The van der Waals surface area contributed by atoms with Gasteiger partial charge in [-0.3, -0.25) is 14.5 Å². The molecule has 2 aromatic carbocycles. The Morgan fingerprint density at radius 1 is 1.07 bits per heavy atom. The summed E-state index contributed by atoms with van der Waals surface area (Å²) in [5.41, 5.74) is 1.22. The van der Waals surface area contributed by atoms with Crippen LogP contribution in [0, 0.1) is 0 Å². The fourth-order valence-electron chi connectivity index (χ4n) is 2.53. The summed E-state index contributed by atoms with van der Waals surface area (Å²) in [6.07, 6.45) is 0. The number of carbonyl (C=O) groups is 1. The van der Waals surface area contributed by atoms with Crippen LogP contribution in [0.4, 0.5) is 11.4 Å². The van der Waals surface area contributed by atoms with Gasteiger partial charge in [0, 0.05) is 11.4 Å². The maximum absolute atomic E-state index is 13.2. The third kappa shape index (κ3) is 4.57. The molecule has 1 heterocycles. The van der Waals surface area contributed by atoms with Gasteiger partial charge in [-0.25, -0.2) is 0 Å². The van der Waals surface area contributed by atoms with Gasteiger partial charge in [-0.1, -0.05) is 48.2 Å². The Labute approximate surface area is 161 Å².